The predicted octanol–water partition coefficient (Wildman–Crippen LogP) is 2.15. The molecule has 0 amide bonds. The lowest BCUT2D eigenvalue weighted by molar-refractivity contribution is 0.159. The highest BCUT2D eigenvalue weighted by atomic mass is 31.2. The molecule has 4 nitrogen and oxygen atoms in total. The molecule has 0 bridgehead atoms. The molecule has 6 heteroatoms. The van der Waals surface area contributed by atoms with Crippen molar-refractivity contribution in [2.75, 3.05) is 40.3 Å². The van der Waals surface area contributed by atoms with Gasteiger partial charge in [0, 0.05) is 14.2 Å². The molecule has 0 aliphatic rings. The van der Waals surface area contributed by atoms with Crippen molar-refractivity contribution < 1.29 is 18.1 Å². The van der Waals surface area contributed by atoms with Gasteiger partial charge in [0.1, 0.15) is 0 Å². The van der Waals surface area contributed by atoms with Gasteiger partial charge in [0.2, 0.25) is 0 Å². The Kier molecular flexibility index (Phi) is 6.34. The van der Waals surface area contributed by atoms with Crippen LogP contribution in [-0.4, -0.2) is 40.3 Å². The van der Waals surface area contributed by atoms with Crippen LogP contribution in [0.3, 0.4) is 0 Å². The molecule has 0 heterocycles. The summed E-state index contributed by atoms with van der Waals surface area (Å²) in [6.45, 7) is 4.68. The van der Waals surface area contributed by atoms with E-state index in [1.165, 1.54) is 14.2 Å². The van der Waals surface area contributed by atoms with Crippen LogP contribution in [0.25, 0.3) is 0 Å². The lowest BCUT2D eigenvalue weighted by Gasteiger charge is -2.13. The maximum Gasteiger partial charge on any atom is 0.474 e. The SMILES string of the molecule is COP(=O)(OC)OCCP(C)C. The van der Waals surface area contributed by atoms with Gasteiger partial charge in [0.25, 0.3) is 0 Å². The molecule has 0 aromatic rings. The third kappa shape index (κ3) is 5.23. The molecular formula is C6H16O4P2. The van der Waals surface area contributed by atoms with Crippen molar-refractivity contribution in [1.82, 2.24) is 0 Å². The fourth-order valence-corrected chi connectivity index (χ4v) is 1.79. The third-order valence-electron chi connectivity index (χ3n) is 1.24. The molecule has 74 valence electrons. The second kappa shape index (κ2) is 6.06. The standard InChI is InChI=1S/C6H16O4P2/c1-8-12(7,9-2)10-5-6-11(3)4/h5-6H2,1-4H3. The summed E-state index contributed by atoms with van der Waals surface area (Å²) in [7, 11) is -0.627. The third-order valence-corrected chi connectivity index (χ3v) is 3.71. The average molecular weight is 214 g/mol. The van der Waals surface area contributed by atoms with Gasteiger partial charge in [-0.1, -0.05) is 0 Å². The van der Waals surface area contributed by atoms with Gasteiger partial charge in [0.15, 0.2) is 0 Å². The van der Waals surface area contributed by atoms with Crippen LogP contribution < -0.4 is 0 Å². The number of rotatable bonds is 6. The Morgan fingerprint density at radius 3 is 2.08 bits per heavy atom. The Morgan fingerprint density at radius 2 is 1.75 bits per heavy atom. The smallest absolute Gasteiger partial charge is 0.290 e. The number of phosphoric ester groups is 1. The zero-order valence-corrected chi connectivity index (χ0v) is 9.73. The van der Waals surface area contributed by atoms with Gasteiger partial charge in [-0.3, -0.25) is 13.6 Å². The zero-order chi connectivity index (χ0) is 9.61. The van der Waals surface area contributed by atoms with E-state index in [4.69, 9.17) is 4.52 Å². The molecule has 0 aromatic carbocycles. The zero-order valence-electron chi connectivity index (χ0n) is 7.94. The normalized spacial score (nSPS) is 12.4. The Morgan fingerprint density at radius 1 is 1.25 bits per heavy atom. The predicted molar refractivity (Wildman–Crippen MR) is 51.2 cm³/mol. The fourth-order valence-electron chi connectivity index (χ4n) is 0.515. The highest BCUT2D eigenvalue weighted by molar-refractivity contribution is 7.56. The maximum atomic E-state index is 11.3. The van der Waals surface area contributed by atoms with Crippen LogP contribution in [0.5, 0.6) is 0 Å². The van der Waals surface area contributed by atoms with E-state index in [0.29, 0.717) is 6.61 Å². The van der Waals surface area contributed by atoms with Gasteiger partial charge in [-0.2, -0.15) is 0 Å². The summed E-state index contributed by atoms with van der Waals surface area (Å²) < 4.78 is 25.4. The number of hydrogen-bond donors (Lipinski definition) is 0. The second-order valence-electron chi connectivity index (χ2n) is 2.45. The minimum atomic E-state index is -3.23. The van der Waals surface area contributed by atoms with E-state index in [1.54, 1.807) is 0 Å². The van der Waals surface area contributed by atoms with Gasteiger partial charge >= 0.3 is 7.82 Å². The molecule has 0 aliphatic carbocycles. The minimum Gasteiger partial charge on any atom is -0.290 e. The van der Waals surface area contributed by atoms with Gasteiger partial charge < -0.3 is 0 Å². The molecule has 0 unspecified atom stereocenters. The van der Waals surface area contributed by atoms with E-state index in [9.17, 15) is 4.57 Å². The Balaban J connectivity index is 3.67. The van der Waals surface area contributed by atoms with E-state index in [-0.39, 0.29) is 7.92 Å². The monoisotopic (exact) mass is 214 g/mol. The van der Waals surface area contributed by atoms with Crippen molar-refractivity contribution >= 4 is 15.7 Å². The quantitative estimate of drug-likeness (QED) is 0.635. The molecule has 0 fully saturated rings. The molecule has 0 N–H and O–H groups in total. The number of phosphoric acid groups is 1. The molecule has 0 radical (unpaired) electrons. The summed E-state index contributed by atoms with van der Waals surface area (Å²) in [4.78, 5) is 0. The molecule has 0 aromatic heterocycles. The molecular weight excluding hydrogens is 198 g/mol. The van der Waals surface area contributed by atoms with Gasteiger partial charge in [0.05, 0.1) is 6.61 Å². The topological polar surface area (TPSA) is 44.8 Å². The Bertz CT molecular complexity index is 152. The first-order valence-electron chi connectivity index (χ1n) is 3.55. The van der Waals surface area contributed by atoms with E-state index in [1.807, 2.05) is 0 Å². The first kappa shape index (κ1) is 12.5. The van der Waals surface area contributed by atoms with E-state index in [0.717, 1.165) is 6.16 Å². The largest absolute Gasteiger partial charge is 0.474 e. The van der Waals surface area contributed by atoms with Crippen LogP contribution in [0.4, 0.5) is 0 Å². The van der Waals surface area contributed by atoms with Crippen molar-refractivity contribution in [3.05, 3.63) is 0 Å². The van der Waals surface area contributed by atoms with Crippen LogP contribution in [0.1, 0.15) is 0 Å². The van der Waals surface area contributed by atoms with Crippen molar-refractivity contribution in [2.45, 2.75) is 0 Å². The van der Waals surface area contributed by atoms with E-state index < -0.39 is 7.82 Å². The Labute approximate surface area is 75.0 Å². The van der Waals surface area contributed by atoms with Crippen molar-refractivity contribution in [2.24, 2.45) is 0 Å². The molecule has 12 heavy (non-hydrogen) atoms. The first-order valence-corrected chi connectivity index (χ1v) is 7.43. The van der Waals surface area contributed by atoms with E-state index >= 15 is 0 Å². The van der Waals surface area contributed by atoms with Gasteiger partial charge in [-0.15, -0.1) is 7.92 Å². The van der Waals surface area contributed by atoms with Crippen molar-refractivity contribution in [3.8, 4) is 0 Å². The Hall–Kier alpha value is 0.540. The molecule has 0 spiro atoms. The van der Waals surface area contributed by atoms with Crippen LogP contribution in [0.2, 0.25) is 0 Å². The summed E-state index contributed by atoms with van der Waals surface area (Å²) in [6.07, 6.45) is 0.909. The van der Waals surface area contributed by atoms with E-state index in [2.05, 4.69) is 22.4 Å². The van der Waals surface area contributed by atoms with Crippen LogP contribution >= 0.6 is 15.7 Å². The summed E-state index contributed by atoms with van der Waals surface area (Å²) in [6, 6.07) is 0. The lowest BCUT2D eigenvalue weighted by atomic mass is 10.9. The summed E-state index contributed by atoms with van der Waals surface area (Å²) in [5.74, 6) is 0. The molecule has 0 rings (SSSR count). The maximum absolute atomic E-state index is 11.3. The lowest BCUT2D eigenvalue weighted by Crippen LogP contribution is -1.99. The second-order valence-corrected chi connectivity index (χ2v) is 6.94. The summed E-state index contributed by atoms with van der Waals surface area (Å²) in [5.41, 5.74) is 0. The highest BCUT2D eigenvalue weighted by Crippen LogP contribution is 2.47. The van der Waals surface area contributed by atoms with Crippen molar-refractivity contribution in [1.29, 1.82) is 0 Å². The molecule has 0 saturated carbocycles. The minimum absolute atomic E-state index is 0.0208. The average Bonchev–Trinajstić information content (AvgIpc) is 2.03. The van der Waals surface area contributed by atoms with Crippen LogP contribution in [0.15, 0.2) is 0 Å². The first-order chi connectivity index (χ1) is 5.54. The van der Waals surface area contributed by atoms with Crippen LogP contribution in [-0.2, 0) is 18.1 Å². The summed E-state index contributed by atoms with van der Waals surface area (Å²) >= 11 is 0. The number of hydrogen-bond acceptors (Lipinski definition) is 4. The molecule has 0 atom stereocenters. The van der Waals surface area contributed by atoms with Crippen LogP contribution in [0, 0.1) is 0 Å². The van der Waals surface area contributed by atoms with Gasteiger partial charge in [-0.05, 0) is 19.5 Å². The van der Waals surface area contributed by atoms with Gasteiger partial charge in [-0.25, -0.2) is 4.57 Å². The molecule has 0 saturated heterocycles. The highest BCUT2D eigenvalue weighted by Gasteiger charge is 2.21. The fraction of sp³-hybridized carbons (Fsp3) is 1.00. The van der Waals surface area contributed by atoms with Crippen molar-refractivity contribution in [3.63, 3.8) is 0 Å². The molecule has 0 aliphatic heterocycles. The summed E-state index contributed by atoms with van der Waals surface area (Å²) in [5, 5.41) is 0.